The van der Waals surface area contributed by atoms with Crippen LogP contribution in [0.5, 0.6) is 0 Å². The molecule has 0 aromatic carbocycles. The van der Waals surface area contributed by atoms with Crippen molar-refractivity contribution in [2.24, 2.45) is 0 Å². The Labute approximate surface area is 147 Å². The van der Waals surface area contributed by atoms with Crippen LogP contribution < -0.4 is 0 Å². The first-order valence-electron chi connectivity index (χ1n) is 9.43. The standard InChI is InChI=1S/C18H35O5P/c1-3-5-7-9-11-13-17(19)15-22-24(21)23-16-18(20)14-12-10-8-6-4-2/h24H,3-16H2,1-2H3. The maximum absolute atomic E-state index is 11.6. The second-order valence-corrected chi connectivity index (χ2v) is 7.31. The number of hydrogen-bond donors (Lipinski definition) is 0. The van der Waals surface area contributed by atoms with Crippen LogP contribution in [0.4, 0.5) is 0 Å². The second kappa shape index (κ2) is 17.3. The Hall–Kier alpha value is -0.510. The quantitative estimate of drug-likeness (QED) is 0.245. The molecule has 0 aromatic heterocycles. The van der Waals surface area contributed by atoms with E-state index in [4.69, 9.17) is 9.05 Å². The predicted octanol–water partition coefficient (Wildman–Crippen LogP) is 5.27. The van der Waals surface area contributed by atoms with Gasteiger partial charge in [0.05, 0.1) is 0 Å². The molecule has 0 aliphatic rings. The molecule has 142 valence electrons. The van der Waals surface area contributed by atoms with Crippen LogP contribution >= 0.6 is 8.25 Å². The average Bonchev–Trinajstić information content (AvgIpc) is 2.57. The monoisotopic (exact) mass is 362 g/mol. The lowest BCUT2D eigenvalue weighted by molar-refractivity contribution is -0.121. The molecule has 0 aliphatic carbocycles. The van der Waals surface area contributed by atoms with Gasteiger partial charge in [0.25, 0.3) is 0 Å². The van der Waals surface area contributed by atoms with E-state index in [2.05, 4.69) is 13.8 Å². The van der Waals surface area contributed by atoms with Gasteiger partial charge in [0.15, 0.2) is 11.6 Å². The first-order chi connectivity index (χ1) is 11.6. The van der Waals surface area contributed by atoms with E-state index in [1.54, 1.807) is 0 Å². The second-order valence-electron chi connectivity index (χ2n) is 6.23. The molecule has 5 nitrogen and oxygen atoms in total. The zero-order valence-electron chi connectivity index (χ0n) is 15.4. The van der Waals surface area contributed by atoms with E-state index in [1.165, 1.54) is 25.7 Å². The van der Waals surface area contributed by atoms with Crippen LogP contribution in [0.15, 0.2) is 0 Å². The van der Waals surface area contributed by atoms with Crippen molar-refractivity contribution in [2.45, 2.75) is 90.9 Å². The fourth-order valence-electron chi connectivity index (χ4n) is 2.32. The highest BCUT2D eigenvalue weighted by Gasteiger charge is 2.09. The lowest BCUT2D eigenvalue weighted by Crippen LogP contribution is -2.08. The Morgan fingerprint density at radius 1 is 0.667 bits per heavy atom. The molecule has 0 saturated carbocycles. The Morgan fingerprint density at radius 3 is 1.42 bits per heavy atom. The third-order valence-electron chi connectivity index (χ3n) is 3.82. The van der Waals surface area contributed by atoms with Crippen molar-refractivity contribution in [3.05, 3.63) is 0 Å². The van der Waals surface area contributed by atoms with Gasteiger partial charge >= 0.3 is 8.25 Å². The van der Waals surface area contributed by atoms with Gasteiger partial charge in [-0.05, 0) is 12.8 Å². The molecule has 0 spiro atoms. The van der Waals surface area contributed by atoms with Crippen LogP contribution in [-0.2, 0) is 23.2 Å². The minimum atomic E-state index is -2.75. The van der Waals surface area contributed by atoms with E-state index in [0.29, 0.717) is 12.8 Å². The van der Waals surface area contributed by atoms with E-state index in [-0.39, 0.29) is 24.8 Å². The number of rotatable bonds is 18. The van der Waals surface area contributed by atoms with Gasteiger partial charge in [0, 0.05) is 12.8 Å². The van der Waals surface area contributed by atoms with Crippen molar-refractivity contribution in [3.63, 3.8) is 0 Å². The van der Waals surface area contributed by atoms with Crippen LogP contribution in [0.25, 0.3) is 0 Å². The van der Waals surface area contributed by atoms with Crippen LogP contribution in [-0.4, -0.2) is 24.8 Å². The van der Waals surface area contributed by atoms with E-state index in [1.807, 2.05) is 0 Å². The van der Waals surface area contributed by atoms with Gasteiger partial charge in [-0.15, -0.1) is 0 Å². The molecule has 0 aromatic rings. The Balaban J connectivity index is 3.53. The summed E-state index contributed by atoms with van der Waals surface area (Å²) in [6, 6.07) is 0. The van der Waals surface area contributed by atoms with Crippen molar-refractivity contribution in [1.82, 2.24) is 0 Å². The summed E-state index contributed by atoms with van der Waals surface area (Å²) in [4.78, 5) is 23.2. The summed E-state index contributed by atoms with van der Waals surface area (Å²) in [5.41, 5.74) is 0. The highest BCUT2D eigenvalue weighted by atomic mass is 31.1. The molecule has 0 bridgehead atoms. The third-order valence-corrected chi connectivity index (χ3v) is 4.58. The fraction of sp³-hybridized carbons (Fsp3) is 0.889. The largest absolute Gasteiger partial charge is 0.319 e. The maximum atomic E-state index is 11.6. The zero-order chi connectivity index (χ0) is 18.0. The molecule has 0 atom stereocenters. The number of hydrogen-bond acceptors (Lipinski definition) is 5. The van der Waals surface area contributed by atoms with Crippen LogP contribution in [0.3, 0.4) is 0 Å². The first-order valence-corrected chi connectivity index (χ1v) is 10.7. The van der Waals surface area contributed by atoms with Gasteiger partial charge < -0.3 is 9.05 Å². The van der Waals surface area contributed by atoms with E-state index >= 15 is 0 Å². The number of unbranched alkanes of at least 4 members (excludes halogenated alkanes) is 8. The molecule has 0 heterocycles. The maximum Gasteiger partial charge on any atom is 0.319 e. The zero-order valence-corrected chi connectivity index (χ0v) is 16.4. The average molecular weight is 362 g/mol. The molecule has 0 N–H and O–H groups in total. The predicted molar refractivity (Wildman–Crippen MR) is 97.7 cm³/mol. The molecule has 24 heavy (non-hydrogen) atoms. The molecule has 0 unspecified atom stereocenters. The highest BCUT2D eigenvalue weighted by molar-refractivity contribution is 7.33. The summed E-state index contributed by atoms with van der Waals surface area (Å²) < 4.78 is 21.3. The number of carbonyl (C=O) groups excluding carboxylic acids is 2. The smallest absolute Gasteiger partial charge is 0.303 e. The minimum absolute atomic E-state index is 0.0595. The first kappa shape index (κ1) is 23.5. The van der Waals surface area contributed by atoms with Gasteiger partial charge in [-0.25, -0.2) is 0 Å². The lowest BCUT2D eigenvalue weighted by atomic mass is 10.1. The topological polar surface area (TPSA) is 69.7 Å². The number of Topliss-reactive ketones (excluding diaryl/α,β-unsaturated/α-hetero) is 2. The van der Waals surface area contributed by atoms with Gasteiger partial charge in [0.2, 0.25) is 0 Å². The van der Waals surface area contributed by atoms with Crippen molar-refractivity contribution in [3.8, 4) is 0 Å². The molecular weight excluding hydrogens is 327 g/mol. The fourth-order valence-corrected chi connectivity index (χ4v) is 2.96. The highest BCUT2D eigenvalue weighted by Crippen LogP contribution is 2.23. The molecular formula is C18H35O5P. The van der Waals surface area contributed by atoms with Crippen molar-refractivity contribution in [2.75, 3.05) is 13.2 Å². The summed E-state index contributed by atoms with van der Waals surface area (Å²) >= 11 is 0. The Kier molecular flexibility index (Phi) is 16.9. The van der Waals surface area contributed by atoms with E-state index < -0.39 is 8.25 Å². The summed E-state index contributed by atoms with van der Waals surface area (Å²) in [5.74, 6) is -0.119. The van der Waals surface area contributed by atoms with Crippen molar-refractivity contribution >= 4 is 19.8 Å². The van der Waals surface area contributed by atoms with Crippen LogP contribution in [0.1, 0.15) is 90.9 Å². The molecule has 0 radical (unpaired) electrons. The third kappa shape index (κ3) is 16.4. The summed E-state index contributed by atoms with van der Waals surface area (Å²) in [6.45, 7) is 3.93. The molecule has 0 amide bonds. The number of carbonyl (C=O) groups is 2. The molecule has 0 saturated heterocycles. The van der Waals surface area contributed by atoms with Crippen molar-refractivity contribution in [1.29, 1.82) is 0 Å². The lowest BCUT2D eigenvalue weighted by Gasteiger charge is -2.05. The SMILES string of the molecule is CCCCCCCC(=O)CO[PH](=O)OCC(=O)CCCCCCC. The van der Waals surface area contributed by atoms with Gasteiger partial charge in [0.1, 0.15) is 13.2 Å². The van der Waals surface area contributed by atoms with Crippen LogP contribution in [0.2, 0.25) is 0 Å². The summed E-state index contributed by atoms with van der Waals surface area (Å²) in [7, 11) is -2.75. The molecule has 0 fully saturated rings. The normalized spacial score (nSPS) is 11.1. The summed E-state index contributed by atoms with van der Waals surface area (Å²) in [6.07, 6.45) is 11.7. The minimum Gasteiger partial charge on any atom is -0.303 e. The van der Waals surface area contributed by atoms with Crippen molar-refractivity contribution < 1.29 is 23.2 Å². The summed E-state index contributed by atoms with van der Waals surface area (Å²) in [5, 5.41) is 0. The molecule has 6 heteroatoms. The molecule has 0 rings (SSSR count). The van der Waals surface area contributed by atoms with Crippen LogP contribution in [0, 0.1) is 0 Å². The van der Waals surface area contributed by atoms with E-state index in [9.17, 15) is 14.2 Å². The molecule has 0 aliphatic heterocycles. The van der Waals surface area contributed by atoms with Gasteiger partial charge in [-0.1, -0.05) is 65.2 Å². The van der Waals surface area contributed by atoms with Gasteiger partial charge in [-0.3, -0.25) is 14.2 Å². The van der Waals surface area contributed by atoms with E-state index in [0.717, 1.165) is 38.5 Å². The van der Waals surface area contributed by atoms with Gasteiger partial charge in [-0.2, -0.15) is 0 Å². The number of ketones is 2. The Morgan fingerprint density at radius 2 is 1.04 bits per heavy atom. The Bertz CT molecular complexity index is 325.